The smallest absolute Gasteiger partial charge is 0.263 e. The average molecular weight is 291 g/mol. The van der Waals surface area contributed by atoms with E-state index in [2.05, 4.69) is 15.1 Å². The number of hydrazone groups is 1. The highest BCUT2D eigenvalue weighted by Gasteiger charge is 2.35. The molecule has 2 heterocycles. The second-order valence-electron chi connectivity index (χ2n) is 4.08. The highest BCUT2D eigenvalue weighted by molar-refractivity contribution is 6.32. The number of halogens is 2. The van der Waals surface area contributed by atoms with E-state index >= 15 is 0 Å². The summed E-state index contributed by atoms with van der Waals surface area (Å²) in [4.78, 5) is 20.2. The lowest BCUT2D eigenvalue weighted by Crippen LogP contribution is -2.27. The molecule has 0 saturated heterocycles. The van der Waals surface area contributed by atoms with E-state index in [9.17, 15) is 9.18 Å². The Bertz CT molecular complexity index is 672. The second kappa shape index (κ2) is 4.97. The van der Waals surface area contributed by atoms with Crippen molar-refractivity contribution >= 4 is 29.7 Å². The molecule has 1 aliphatic heterocycles. The molecule has 1 amide bonds. The Hall–Kier alpha value is -2.34. The minimum atomic E-state index is -0.868. The van der Waals surface area contributed by atoms with E-state index in [0.717, 1.165) is 5.01 Å². The van der Waals surface area contributed by atoms with Crippen molar-refractivity contribution in [2.24, 2.45) is 5.10 Å². The molecule has 1 aliphatic rings. The van der Waals surface area contributed by atoms with Crippen molar-refractivity contribution < 1.29 is 9.18 Å². The van der Waals surface area contributed by atoms with Gasteiger partial charge in [0, 0.05) is 29.2 Å². The van der Waals surface area contributed by atoms with E-state index in [-0.39, 0.29) is 16.5 Å². The van der Waals surface area contributed by atoms with Gasteiger partial charge in [0.1, 0.15) is 11.7 Å². The molecule has 1 aromatic carbocycles. The number of hydrogen-bond donors (Lipinski definition) is 0. The van der Waals surface area contributed by atoms with Crippen LogP contribution >= 0.6 is 11.6 Å². The maximum atomic E-state index is 13.9. The number of rotatable bonds is 2. The molecule has 0 aliphatic carbocycles. The summed E-state index contributed by atoms with van der Waals surface area (Å²) >= 11 is 5.96. The topological polar surface area (TPSA) is 58.5 Å². The first-order valence-corrected chi connectivity index (χ1v) is 6.15. The van der Waals surface area contributed by atoms with Crippen LogP contribution in [0.4, 0.5) is 10.3 Å². The van der Waals surface area contributed by atoms with Crippen molar-refractivity contribution in [3.05, 3.63) is 53.1 Å². The van der Waals surface area contributed by atoms with Gasteiger partial charge in [-0.1, -0.05) is 17.7 Å². The lowest BCUT2D eigenvalue weighted by molar-refractivity contribution is -0.118. The SMILES string of the molecule is O=C1C(c2c(F)cccc2Cl)C=NN1c1ncccn1. The molecular weight excluding hydrogens is 283 g/mol. The molecule has 5 nitrogen and oxygen atoms in total. The zero-order chi connectivity index (χ0) is 14.1. The predicted octanol–water partition coefficient (Wildman–Crippen LogP) is 2.39. The standard InChI is InChI=1S/C13H8ClFN4O/c14-9-3-1-4-10(15)11(9)8-7-18-19(12(8)20)13-16-5-2-6-17-13/h1-8H. The average Bonchev–Trinajstić information content (AvgIpc) is 2.82. The number of carbonyl (C=O) groups excluding carboxylic acids is 1. The van der Waals surface area contributed by atoms with Crippen LogP contribution in [0.3, 0.4) is 0 Å². The van der Waals surface area contributed by atoms with Gasteiger partial charge in [-0.25, -0.2) is 14.4 Å². The van der Waals surface area contributed by atoms with Crippen molar-refractivity contribution in [2.45, 2.75) is 5.92 Å². The summed E-state index contributed by atoms with van der Waals surface area (Å²) < 4.78 is 13.9. The molecule has 2 aromatic rings. The highest BCUT2D eigenvalue weighted by Crippen LogP contribution is 2.31. The molecule has 0 N–H and O–H groups in total. The van der Waals surface area contributed by atoms with Crippen LogP contribution in [-0.2, 0) is 4.79 Å². The predicted molar refractivity (Wildman–Crippen MR) is 72.2 cm³/mol. The van der Waals surface area contributed by atoms with Gasteiger partial charge in [0.2, 0.25) is 0 Å². The fraction of sp³-hybridized carbons (Fsp3) is 0.0769. The van der Waals surface area contributed by atoms with Crippen molar-refractivity contribution in [3.8, 4) is 0 Å². The molecule has 7 heteroatoms. The number of anilines is 1. The Labute approximate surface area is 118 Å². The van der Waals surface area contributed by atoms with Gasteiger partial charge >= 0.3 is 0 Å². The Balaban J connectivity index is 1.96. The lowest BCUT2D eigenvalue weighted by atomic mass is 9.99. The molecule has 1 unspecified atom stereocenters. The summed E-state index contributed by atoms with van der Waals surface area (Å²) in [6.07, 6.45) is 4.33. The zero-order valence-corrected chi connectivity index (χ0v) is 10.8. The van der Waals surface area contributed by atoms with Crippen LogP contribution < -0.4 is 5.01 Å². The van der Waals surface area contributed by atoms with E-state index in [0.29, 0.717) is 0 Å². The molecule has 0 fully saturated rings. The quantitative estimate of drug-likeness (QED) is 0.853. The van der Waals surface area contributed by atoms with E-state index in [4.69, 9.17) is 11.6 Å². The first-order chi connectivity index (χ1) is 9.68. The Morgan fingerprint density at radius 3 is 2.65 bits per heavy atom. The first-order valence-electron chi connectivity index (χ1n) is 5.77. The van der Waals surface area contributed by atoms with Gasteiger partial charge in [-0.2, -0.15) is 10.1 Å². The Kier molecular flexibility index (Phi) is 3.15. The molecule has 20 heavy (non-hydrogen) atoms. The molecule has 1 aromatic heterocycles. The summed E-state index contributed by atoms with van der Waals surface area (Å²) in [5, 5.41) is 5.16. The summed E-state index contributed by atoms with van der Waals surface area (Å²) in [6.45, 7) is 0. The van der Waals surface area contributed by atoms with Crippen LogP contribution in [0.2, 0.25) is 5.02 Å². The third-order valence-electron chi connectivity index (χ3n) is 2.86. The fourth-order valence-corrected chi connectivity index (χ4v) is 2.22. The van der Waals surface area contributed by atoms with Crippen LogP contribution in [0.1, 0.15) is 11.5 Å². The molecule has 0 spiro atoms. The van der Waals surface area contributed by atoms with Crippen molar-refractivity contribution in [3.63, 3.8) is 0 Å². The molecule has 0 radical (unpaired) electrons. The fourth-order valence-electron chi connectivity index (χ4n) is 1.94. The van der Waals surface area contributed by atoms with E-state index in [1.54, 1.807) is 6.07 Å². The van der Waals surface area contributed by atoms with Crippen LogP contribution in [0.5, 0.6) is 0 Å². The zero-order valence-electron chi connectivity index (χ0n) is 10.1. The minimum Gasteiger partial charge on any atom is -0.271 e. The van der Waals surface area contributed by atoms with Crippen LogP contribution in [0.15, 0.2) is 41.8 Å². The van der Waals surface area contributed by atoms with Crippen LogP contribution in [0, 0.1) is 5.82 Å². The molecular formula is C13H8ClFN4O. The van der Waals surface area contributed by atoms with Gasteiger partial charge in [0.15, 0.2) is 0 Å². The van der Waals surface area contributed by atoms with E-state index < -0.39 is 17.6 Å². The molecule has 100 valence electrons. The summed E-state index contributed by atoms with van der Waals surface area (Å²) in [7, 11) is 0. The molecule has 1 atom stereocenters. The molecule has 3 rings (SSSR count). The minimum absolute atomic E-state index is 0.112. The van der Waals surface area contributed by atoms with Gasteiger partial charge in [-0.15, -0.1) is 0 Å². The van der Waals surface area contributed by atoms with Crippen molar-refractivity contribution in [2.75, 3.05) is 5.01 Å². The van der Waals surface area contributed by atoms with Crippen molar-refractivity contribution in [1.82, 2.24) is 9.97 Å². The third kappa shape index (κ3) is 2.04. The number of hydrogen-bond acceptors (Lipinski definition) is 4. The summed E-state index contributed by atoms with van der Waals surface area (Å²) in [5.74, 6) is -1.71. The number of amides is 1. The first kappa shape index (κ1) is 12.7. The summed E-state index contributed by atoms with van der Waals surface area (Å²) in [6, 6.07) is 5.89. The van der Waals surface area contributed by atoms with Crippen molar-refractivity contribution in [1.29, 1.82) is 0 Å². The highest BCUT2D eigenvalue weighted by atomic mass is 35.5. The van der Waals surface area contributed by atoms with Gasteiger partial charge in [-0.3, -0.25) is 4.79 Å². The third-order valence-corrected chi connectivity index (χ3v) is 3.19. The Morgan fingerprint density at radius 2 is 1.95 bits per heavy atom. The van der Waals surface area contributed by atoms with Crippen LogP contribution in [0.25, 0.3) is 0 Å². The van der Waals surface area contributed by atoms with E-state index in [1.807, 2.05) is 0 Å². The van der Waals surface area contributed by atoms with Gasteiger partial charge in [0.05, 0.1) is 0 Å². The molecule has 0 saturated carbocycles. The monoisotopic (exact) mass is 290 g/mol. The van der Waals surface area contributed by atoms with Gasteiger partial charge in [-0.05, 0) is 18.2 Å². The maximum absolute atomic E-state index is 13.9. The number of aromatic nitrogens is 2. The number of benzene rings is 1. The van der Waals surface area contributed by atoms with Crippen LogP contribution in [-0.4, -0.2) is 22.1 Å². The molecule has 0 bridgehead atoms. The normalized spacial score (nSPS) is 17.8. The number of nitrogens with zero attached hydrogens (tertiary/aromatic N) is 4. The maximum Gasteiger partial charge on any atom is 0.263 e. The van der Waals surface area contributed by atoms with Gasteiger partial charge in [0.25, 0.3) is 11.9 Å². The largest absolute Gasteiger partial charge is 0.271 e. The van der Waals surface area contributed by atoms with Gasteiger partial charge < -0.3 is 0 Å². The number of carbonyl (C=O) groups is 1. The van der Waals surface area contributed by atoms with E-state index in [1.165, 1.54) is 36.8 Å². The Morgan fingerprint density at radius 1 is 1.20 bits per heavy atom. The summed E-state index contributed by atoms with van der Waals surface area (Å²) in [5.41, 5.74) is 0.112. The second-order valence-corrected chi connectivity index (χ2v) is 4.48. The lowest BCUT2D eigenvalue weighted by Gasteiger charge is -2.13.